The Morgan fingerprint density at radius 3 is 2.36 bits per heavy atom. The predicted molar refractivity (Wildman–Crippen MR) is 89.7 cm³/mol. The first kappa shape index (κ1) is 20.4. The molecule has 1 rings (SSSR count). The fourth-order valence-corrected chi connectivity index (χ4v) is 2.04. The highest BCUT2D eigenvalue weighted by Crippen LogP contribution is 2.03. The van der Waals surface area contributed by atoms with Crippen molar-refractivity contribution in [1.29, 1.82) is 0 Å². The molecule has 8 heteroatoms. The zero-order valence-electron chi connectivity index (χ0n) is 14.1. The second-order valence-corrected chi connectivity index (χ2v) is 5.48. The van der Waals surface area contributed by atoms with Crippen molar-refractivity contribution >= 4 is 18.0 Å². The van der Waals surface area contributed by atoms with Crippen molar-refractivity contribution in [2.75, 3.05) is 6.61 Å². The van der Waals surface area contributed by atoms with Crippen LogP contribution in [0.3, 0.4) is 0 Å². The van der Waals surface area contributed by atoms with E-state index in [9.17, 15) is 19.5 Å². The monoisotopic (exact) mass is 352 g/mol. The van der Waals surface area contributed by atoms with Crippen LogP contribution in [-0.4, -0.2) is 46.9 Å². The third-order valence-electron chi connectivity index (χ3n) is 3.46. The lowest BCUT2D eigenvalue weighted by molar-refractivity contribution is -0.142. The van der Waals surface area contributed by atoms with Gasteiger partial charge in [0.2, 0.25) is 5.91 Å². The molecule has 8 nitrogen and oxygen atoms in total. The Morgan fingerprint density at radius 2 is 1.80 bits per heavy atom. The van der Waals surface area contributed by atoms with E-state index in [0.29, 0.717) is 6.42 Å². The first-order chi connectivity index (χ1) is 12.0. The number of hydrogen-bond donors (Lipinski definition) is 4. The van der Waals surface area contributed by atoms with E-state index in [1.54, 1.807) is 24.3 Å². The summed E-state index contributed by atoms with van der Waals surface area (Å²) in [6.45, 7) is 1.24. The molecule has 25 heavy (non-hydrogen) atoms. The quantitative estimate of drug-likeness (QED) is 0.498. The number of unbranched alkanes of at least 4 members (excludes halogenated alkanes) is 1. The van der Waals surface area contributed by atoms with E-state index < -0.39 is 36.7 Å². The Labute approximate surface area is 146 Å². The molecule has 0 aliphatic heterocycles. The molecule has 2 amide bonds. The van der Waals surface area contributed by atoms with Gasteiger partial charge in [-0.05, 0) is 12.0 Å². The van der Waals surface area contributed by atoms with Gasteiger partial charge in [-0.3, -0.25) is 4.79 Å². The van der Waals surface area contributed by atoms with Gasteiger partial charge in [0.25, 0.3) is 0 Å². The van der Waals surface area contributed by atoms with Crippen LogP contribution in [-0.2, 0) is 20.9 Å². The Hall–Kier alpha value is -2.61. The summed E-state index contributed by atoms with van der Waals surface area (Å²) in [6.07, 6.45) is 0.813. The van der Waals surface area contributed by atoms with Crippen molar-refractivity contribution in [2.45, 2.75) is 44.9 Å². The second-order valence-electron chi connectivity index (χ2n) is 5.48. The van der Waals surface area contributed by atoms with Crippen molar-refractivity contribution in [2.24, 2.45) is 0 Å². The van der Waals surface area contributed by atoms with Gasteiger partial charge >= 0.3 is 12.1 Å². The number of aliphatic hydroxyl groups excluding tert-OH is 1. The summed E-state index contributed by atoms with van der Waals surface area (Å²) in [5, 5.41) is 22.9. The summed E-state index contributed by atoms with van der Waals surface area (Å²) in [7, 11) is 0. The molecule has 4 N–H and O–H groups in total. The summed E-state index contributed by atoms with van der Waals surface area (Å²) in [5.74, 6) is -1.94. The van der Waals surface area contributed by atoms with Crippen molar-refractivity contribution in [3.05, 3.63) is 35.9 Å². The van der Waals surface area contributed by atoms with Crippen LogP contribution >= 0.6 is 0 Å². The second kappa shape index (κ2) is 11.0. The third kappa shape index (κ3) is 7.67. The molecule has 1 aromatic carbocycles. The number of rotatable bonds is 10. The Kier molecular flexibility index (Phi) is 9.02. The maximum absolute atomic E-state index is 12.1. The van der Waals surface area contributed by atoms with Gasteiger partial charge in [0.05, 0.1) is 6.61 Å². The first-order valence-electron chi connectivity index (χ1n) is 8.09. The molecule has 0 radical (unpaired) electrons. The van der Waals surface area contributed by atoms with Gasteiger partial charge in [-0.2, -0.15) is 0 Å². The maximum Gasteiger partial charge on any atom is 0.408 e. The molecule has 0 aliphatic rings. The standard InChI is InChI=1S/C17H24N2O6/c1-2-3-9-13(16(22)23)18-15(21)14(10-20)19-17(24)25-11-12-7-5-4-6-8-12/h4-8,13-14,20H,2-3,9-11H2,1H3,(H,18,21)(H,19,24)(H,22,23)/t13-,14+/m1/s1. The van der Waals surface area contributed by atoms with Crippen LogP contribution in [0.15, 0.2) is 30.3 Å². The van der Waals surface area contributed by atoms with E-state index in [1.807, 2.05) is 13.0 Å². The van der Waals surface area contributed by atoms with Crippen LogP contribution < -0.4 is 10.6 Å². The largest absolute Gasteiger partial charge is 0.480 e. The number of aliphatic carboxylic acids is 1. The van der Waals surface area contributed by atoms with Crippen LogP contribution in [0.5, 0.6) is 0 Å². The number of carboxylic acid groups (broad SMARTS) is 1. The molecular formula is C17H24N2O6. The zero-order chi connectivity index (χ0) is 18.7. The topological polar surface area (TPSA) is 125 Å². The summed E-state index contributed by atoms with van der Waals surface area (Å²) < 4.78 is 4.97. The van der Waals surface area contributed by atoms with E-state index in [2.05, 4.69) is 10.6 Å². The lowest BCUT2D eigenvalue weighted by atomic mass is 10.1. The number of ether oxygens (including phenoxy) is 1. The predicted octanol–water partition coefficient (Wildman–Crippen LogP) is 1.03. The highest BCUT2D eigenvalue weighted by Gasteiger charge is 2.26. The molecule has 0 aliphatic carbocycles. The number of hydrogen-bond acceptors (Lipinski definition) is 5. The van der Waals surface area contributed by atoms with E-state index in [4.69, 9.17) is 9.84 Å². The molecule has 0 saturated carbocycles. The number of alkyl carbamates (subject to hydrolysis) is 1. The lowest BCUT2D eigenvalue weighted by Gasteiger charge is -2.19. The maximum atomic E-state index is 12.1. The number of carboxylic acids is 1. The van der Waals surface area contributed by atoms with Gasteiger partial charge < -0.3 is 25.6 Å². The third-order valence-corrected chi connectivity index (χ3v) is 3.46. The zero-order valence-corrected chi connectivity index (χ0v) is 14.1. The Bertz CT molecular complexity index is 564. The van der Waals surface area contributed by atoms with Gasteiger partial charge in [0.15, 0.2) is 0 Å². The van der Waals surface area contributed by atoms with Crippen LogP contribution in [0, 0.1) is 0 Å². The number of benzene rings is 1. The lowest BCUT2D eigenvalue weighted by Crippen LogP contribution is -2.53. The number of carbonyl (C=O) groups excluding carboxylic acids is 2. The smallest absolute Gasteiger partial charge is 0.408 e. The molecule has 0 aromatic heterocycles. The minimum Gasteiger partial charge on any atom is -0.480 e. The van der Waals surface area contributed by atoms with Gasteiger partial charge in [-0.1, -0.05) is 50.1 Å². The Balaban J connectivity index is 2.51. The summed E-state index contributed by atoms with van der Waals surface area (Å²) in [4.78, 5) is 34.9. The first-order valence-corrected chi connectivity index (χ1v) is 8.09. The van der Waals surface area contributed by atoms with Gasteiger partial charge in [0.1, 0.15) is 18.7 Å². The van der Waals surface area contributed by atoms with Crippen LogP contribution in [0.25, 0.3) is 0 Å². The number of carbonyl (C=O) groups is 3. The van der Waals surface area contributed by atoms with Crippen molar-refractivity contribution in [1.82, 2.24) is 10.6 Å². The molecule has 138 valence electrons. The van der Waals surface area contributed by atoms with E-state index in [1.165, 1.54) is 0 Å². The summed E-state index contributed by atoms with van der Waals surface area (Å²) in [6, 6.07) is 6.61. The molecule has 0 unspecified atom stereocenters. The van der Waals surface area contributed by atoms with Crippen LogP contribution in [0.2, 0.25) is 0 Å². The van der Waals surface area contributed by atoms with E-state index >= 15 is 0 Å². The van der Waals surface area contributed by atoms with Crippen LogP contribution in [0.1, 0.15) is 31.7 Å². The van der Waals surface area contributed by atoms with Crippen LogP contribution in [0.4, 0.5) is 4.79 Å². The van der Waals surface area contributed by atoms with Crippen molar-refractivity contribution in [3.8, 4) is 0 Å². The summed E-state index contributed by atoms with van der Waals surface area (Å²) >= 11 is 0. The van der Waals surface area contributed by atoms with Crippen molar-refractivity contribution < 1.29 is 29.3 Å². The minimum absolute atomic E-state index is 0.0146. The molecule has 2 atom stereocenters. The minimum atomic E-state index is -1.29. The van der Waals surface area contributed by atoms with Gasteiger partial charge in [-0.25, -0.2) is 9.59 Å². The molecule has 0 fully saturated rings. The normalized spacial score (nSPS) is 12.7. The fourth-order valence-electron chi connectivity index (χ4n) is 2.04. The SMILES string of the molecule is CCCC[C@@H](NC(=O)[C@H](CO)NC(=O)OCc1ccccc1)C(=O)O. The summed E-state index contributed by atoms with van der Waals surface area (Å²) in [5.41, 5.74) is 0.771. The molecular weight excluding hydrogens is 328 g/mol. The molecule has 0 saturated heterocycles. The number of aliphatic hydroxyl groups is 1. The van der Waals surface area contributed by atoms with E-state index in [0.717, 1.165) is 12.0 Å². The molecule has 1 aromatic rings. The fraction of sp³-hybridized carbons (Fsp3) is 0.471. The molecule has 0 spiro atoms. The van der Waals surface area contributed by atoms with Gasteiger partial charge in [0, 0.05) is 0 Å². The van der Waals surface area contributed by atoms with Gasteiger partial charge in [-0.15, -0.1) is 0 Å². The average Bonchev–Trinajstić information content (AvgIpc) is 2.61. The average molecular weight is 352 g/mol. The molecule has 0 heterocycles. The van der Waals surface area contributed by atoms with E-state index in [-0.39, 0.29) is 13.0 Å². The number of nitrogens with one attached hydrogen (secondary N) is 2. The highest BCUT2D eigenvalue weighted by atomic mass is 16.5. The number of amides is 2. The molecule has 0 bridgehead atoms. The highest BCUT2D eigenvalue weighted by molar-refractivity contribution is 5.89. The Morgan fingerprint density at radius 1 is 1.12 bits per heavy atom. The van der Waals surface area contributed by atoms with Crippen molar-refractivity contribution in [3.63, 3.8) is 0 Å².